The lowest BCUT2D eigenvalue weighted by molar-refractivity contribution is -0.137. The number of nitrogens with one attached hydrogen (secondary N) is 1. The Balaban J connectivity index is 1.90. The summed E-state index contributed by atoms with van der Waals surface area (Å²) in [5, 5.41) is 0. The van der Waals surface area contributed by atoms with Crippen molar-refractivity contribution >= 4 is 31.9 Å². The van der Waals surface area contributed by atoms with Crippen LogP contribution in [0.4, 0.5) is 4.39 Å². The van der Waals surface area contributed by atoms with Crippen molar-refractivity contribution in [2.45, 2.75) is 25.5 Å². The number of benzene rings is 1. The van der Waals surface area contributed by atoms with Crippen LogP contribution in [0.2, 0.25) is 0 Å². The van der Waals surface area contributed by atoms with Crippen molar-refractivity contribution in [2.75, 3.05) is 12.8 Å². The van der Waals surface area contributed by atoms with E-state index in [1.165, 1.54) is 22.5 Å². The van der Waals surface area contributed by atoms with Gasteiger partial charge in [-0.05, 0) is 30.5 Å². The van der Waals surface area contributed by atoms with Gasteiger partial charge in [-0.25, -0.2) is 18.3 Å². The molecule has 1 unspecified atom stereocenters. The van der Waals surface area contributed by atoms with Gasteiger partial charge in [-0.15, -0.1) is 0 Å². The van der Waals surface area contributed by atoms with E-state index in [-0.39, 0.29) is 12.4 Å². The first-order chi connectivity index (χ1) is 10.3. The van der Waals surface area contributed by atoms with Crippen LogP contribution >= 0.6 is 15.9 Å². The maximum atomic E-state index is 13.0. The third-order valence-electron chi connectivity index (χ3n) is 3.35. The van der Waals surface area contributed by atoms with Crippen LogP contribution in [-0.4, -0.2) is 37.5 Å². The second-order valence-corrected chi connectivity index (χ2v) is 7.81. The van der Waals surface area contributed by atoms with Crippen LogP contribution in [0.25, 0.3) is 0 Å². The highest BCUT2D eigenvalue weighted by Crippen LogP contribution is 2.21. The first-order valence-electron chi connectivity index (χ1n) is 6.61. The number of carbonyl (C=O) groups excluding carboxylic acids is 1. The summed E-state index contributed by atoms with van der Waals surface area (Å²) in [4.78, 5) is 17.1. The molecule has 1 aromatic rings. The van der Waals surface area contributed by atoms with Crippen LogP contribution in [-0.2, 0) is 26.3 Å². The first-order valence-corrected chi connectivity index (χ1v) is 9.25. The van der Waals surface area contributed by atoms with Gasteiger partial charge in [-0.3, -0.25) is 9.63 Å². The lowest BCUT2D eigenvalue weighted by Gasteiger charge is -2.21. The monoisotopic (exact) mass is 394 g/mol. The van der Waals surface area contributed by atoms with Gasteiger partial charge in [0.1, 0.15) is 18.5 Å². The Bertz CT molecular complexity index is 668. The molecule has 1 aliphatic rings. The number of hydrogen-bond donors (Lipinski definition) is 1. The molecule has 1 fully saturated rings. The molecule has 1 aromatic carbocycles. The first kappa shape index (κ1) is 17.3. The Labute approximate surface area is 136 Å². The largest absolute Gasteiger partial charge is 0.271 e. The van der Waals surface area contributed by atoms with Crippen LogP contribution in [0, 0.1) is 5.82 Å². The van der Waals surface area contributed by atoms with Crippen LogP contribution in [0.5, 0.6) is 0 Å². The number of amides is 1. The smallest absolute Gasteiger partial charge is 0.261 e. The Morgan fingerprint density at radius 3 is 2.91 bits per heavy atom. The minimum absolute atomic E-state index is 0.0399. The fourth-order valence-electron chi connectivity index (χ4n) is 2.29. The number of sulfonamides is 1. The van der Waals surface area contributed by atoms with Crippen LogP contribution < -0.4 is 5.48 Å². The van der Waals surface area contributed by atoms with Crippen LogP contribution in [0.15, 0.2) is 22.7 Å². The number of halogens is 2. The van der Waals surface area contributed by atoms with Gasteiger partial charge < -0.3 is 0 Å². The van der Waals surface area contributed by atoms with Crippen molar-refractivity contribution in [3.8, 4) is 0 Å². The van der Waals surface area contributed by atoms with Crippen molar-refractivity contribution < 1.29 is 22.4 Å². The van der Waals surface area contributed by atoms with Crippen molar-refractivity contribution in [1.82, 2.24) is 9.79 Å². The molecule has 0 aliphatic carbocycles. The van der Waals surface area contributed by atoms with Gasteiger partial charge in [-0.1, -0.05) is 22.0 Å². The normalized spacial score (nSPS) is 19.3. The maximum absolute atomic E-state index is 13.0. The number of carbonyl (C=O) groups is 1. The molecule has 1 N–H and O–H groups in total. The zero-order valence-corrected chi connectivity index (χ0v) is 14.3. The molecule has 9 heteroatoms. The lowest BCUT2D eigenvalue weighted by Crippen LogP contribution is -2.45. The fraction of sp³-hybridized carbons (Fsp3) is 0.462. The van der Waals surface area contributed by atoms with E-state index in [1.807, 2.05) is 0 Å². The van der Waals surface area contributed by atoms with E-state index < -0.39 is 22.0 Å². The predicted molar refractivity (Wildman–Crippen MR) is 81.6 cm³/mol. The summed E-state index contributed by atoms with van der Waals surface area (Å²) in [5.74, 6) is -0.879. The average Bonchev–Trinajstić information content (AvgIpc) is 2.90. The molecular formula is C13H16BrFN2O4S. The molecule has 0 radical (unpaired) electrons. The Morgan fingerprint density at radius 2 is 2.27 bits per heavy atom. The van der Waals surface area contributed by atoms with Crippen molar-refractivity contribution in [3.63, 3.8) is 0 Å². The summed E-state index contributed by atoms with van der Waals surface area (Å²) in [5.41, 5.74) is 2.92. The number of rotatable bonds is 5. The Morgan fingerprint density at radius 1 is 1.55 bits per heavy atom. The van der Waals surface area contributed by atoms with E-state index in [1.54, 1.807) is 0 Å². The highest BCUT2D eigenvalue weighted by molar-refractivity contribution is 9.10. The van der Waals surface area contributed by atoms with E-state index in [4.69, 9.17) is 4.84 Å². The molecule has 6 nitrogen and oxygen atoms in total. The standard InChI is InChI=1S/C13H16BrFN2O4S/c1-22(19,20)17-6-2-3-12(17)13(18)16-21-8-9-4-5-10(15)7-11(9)14/h4-5,7,12H,2-3,6,8H2,1H3,(H,16,18). The summed E-state index contributed by atoms with van der Waals surface area (Å²) in [6.45, 7) is 0.374. The number of hydroxylamine groups is 1. The minimum atomic E-state index is -3.42. The molecule has 0 spiro atoms. The van der Waals surface area contributed by atoms with E-state index in [0.717, 1.165) is 6.26 Å². The molecule has 0 aromatic heterocycles. The molecule has 22 heavy (non-hydrogen) atoms. The molecule has 1 atom stereocenters. The summed E-state index contributed by atoms with van der Waals surface area (Å²) in [6, 6.07) is 3.37. The zero-order chi connectivity index (χ0) is 16.3. The van der Waals surface area contributed by atoms with Gasteiger partial charge in [0.2, 0.25) is 10.0 Å². The number of nitrogens with zero attached hydrogens (tertiary/aromatic N) is 1. The second kappa shape index (κ2) is 7.03. The Kier molecular flexibility index (Phi) is 5.54. The molecule has 1 saturated heterocycles. The van der Waals surface area contributed by atoms with Gasteiger partial charge in [0.05, 0.1) is 6.26 Å². The quantitative estimate of drug-likeness (QED) is 0.768. The maximum Gasteiger partial charge on any atom is 0.261 e. The van der Waals surface area contributed by atoms with E-state index in [9.17, 15) is 17.6 Å². The average molecular weight is 395 g/mol. The summed E-state index contributed by atoms with van der Waals surface area (Å²) in [7, 11) is -3.42. The summed E-state index contributed by atoms with van der Waals surface area (Å²) >= 11 is 3.20. The minimum Gasteiger partial charge on any atom is -0.271 e. The third-order valence-corrected chi connectivity index (χ3v) is 5.38. The van der Waals surface area contributed by atoms with E-state index in [0.29, 0.717) is 29.4 Å². The molecule has 2 rings (SSSR count). The SMILES string of the molecule is CS(=O)(=O)N1CCCC1C(=O)NOCc1ccc(F)cc1Br. The van der Waals surface area contributed by atoms with Crippen molar-refractivity contribution in [2.24, 2.45) is 0 Å². The highest BCUT2D eigenvalue weighted by atomic mass is 79.9. The van der Waals surface area contributed by atoms with Crippen molar-refractivity contribution in [3.05, 3.63) is 34.1 Å². The van der Waals surface area contributed by atoms with E-state index in [2.05, 4.69) is 21.4 Å². The van der Waals surface area contributed by atoms with Gasteiger partial charge in [0, 0.05) is 11.0 Å². The molecule has 1 amide bonds. The molecular weight excluding hydrogens is 379 g/mol. The van der Waals surface area contributed by atoms with Crippen LogP contribution in [0.1, 0.15) is 18.4 Å². The molecule has 1 aliphatic heterocycles. The van der Waals surface area contributed by atoms with Crippen LogP contribution in [0.3, 0.4) is 0 Å². The van der Waals surface area contributed by atoms with Crippen molar-refractivity contribution in [1.29, 1.82) is 0 Å². The summed E-state index contributed by atoms with van der Waals surface area (Å²) < 4.78 is 37.8. The Hall–Kier alpha value is -1.03. The molecule has 1 heterocycles. The van der Waals surface area contributed by atoms with Gasteiger partial charge in [0.25, 0.3) is 5.91 Å². The number of hydrogen-bond acceptors (Lipinski definition) is 4. The predicted octanol–water partition coefficient (Wildman–Crippen LogP) is 1.56. The highest BCUT2D eigenvalue weighted by Gasteiger charge is 2.36. The molecule has 0 bridgehead atoms. The molecule has 122 valence electrons. The van der Waals surface area contributed by atoms with E-state index >= 15 is 0 Å². The van der Waals surface area contributed by atoms with Gasteiger partial charge >= 0.3 is 0 Å². The summed E-state index contributed by atoms with van der Waals surface area (Å²) in [6.07, 6.45) is 2.17. The topological polar surface area (TPSA) is 75.7 Å². The van der Waals surface area contributed by atoms with Gasteiger partial charge in [0.15, 0.2) is 0 Å². The zero-order valence-electron chi connectivity index (χ0n) is 11.9. The lowest BCUT2D eigenvalue weighted by atomic mass is 10.2. The molecule has 0 saturated carbocycles. The van der Waals surface area contributed by atoms with Gasteiger partial charge in [-0.2, -0.15) is 4.31 Å². The second-order valence-electron chi connectivity index (χ2n) is 5.02. The third kappa shape index (κ3) is 4.25. The fourth-order valence-corrected chi connectivity index (χ4v) is 3.88.